The van der Waals surface area contributed by atoms with Gasteiger partial charge in [0.25, 0.3) is 0 Å². The van der Waals surface area contributed by atoms with Crippen LogP contribution in [0.3, 0.4) is 0 Å². The smallest absolute Gasteiger partial charge is 0.218 e. The Bertz CT molecular complexity index is 462. The Morgan fingerprint density at radius 3 is 2.74 bits per heavy atom. The molecule has 5 nitrogen and oxygen atoms in total. The molecule has 1 aromatic heterocycles. The third kappa shape index (κ3) is 4.89. The fraction of sp³-hybridized carbons (Fsp3) is 0.615. The molecular weight excluding hydrogens is 262 g/mol. The number of nitrogens with one attached hydrogen (secondary N) is 1. The summed E-state index contributed by atoms with van der Waals surface area (Å²) in [5.74, 6) is 0. The van der Waals surface area contributed by atoms with Gasteiger partial charge in [0.05, 0.1) is 17.5 Å². The summed E-state index contributed by atoms with van der Waals surface area (Å²) in [5, 5.41) is 2.70. The molecule has 1 atom stereocenters. The average molecular weight is 285 g/mol. The second-order valence-corrected chi connectivity index (χ2v) is 7.09. The lowest BCUT2D eigenvalue weighted by molar-refractivity contribution is 0.449. The highest BCUT2D eigenvalue weighted by Gasteiger charge is 2.25. The molecule has 1 N–H and O–H groups in total. The Hall–Kier alpha value is -0.980. The van der Waals surface area contributed by atoms with Crippen molar-refractivity contribution in [2.24, 2.45) is 0 Å². The van der Waals surface area contributed by atoms with Crippen molar-refractivity contribution < 1.29 is 8.42 Å². The Morgan fingerprint density at radius 1 is 1.42 bits per heavy atom. The van der Waals surface area contributed by atoms with Crippen LogP contribution in [-0.4, -0.2) is 43.1 Å². The predicted octanol–water partition coefficient (Wildman–Crippen LogP) is 1.23. The molecule has 0 aromatic carbocycles. The molecule has 1 rings (SSSR count). The second kappa shape index (κ2) is 7.57. The number of nitrogens with zero attached hydrogens (tertiary/aromatic N) is 2. The number of pyridine rings is 1. The summed E-state index contributed by atoms with van der Waals surface area (Å²) in [5.41, 5.74) is 0.752. The van der Waals surface area contributed by atoms with Crippen molar-refractivity contribution >= 4 is 10.0 Å². The van der Waals surface area contributed by atoms with Crippen molar-refractivity contribution in [3.8, 4) is 0 Å². The van der Waals surface area contributed by atoms with Crippen LogP contribution in [0, 0.1) is 0 Å². The Morgan fingerprint density at radius 2 is 2.16 bits per heavy atom. The van der Waals surface area contributed by atoms with E-state index in [4.69, 9.17) is 0 Å². The molecule has 0 aliphatic carbocycles. The van der Waals surface area contributed by atoms with Gasteiger partial charge < -0.3 is 5.32 Å². The van der Waals surface area contributed by atoms with Crippen LogP contribution in [0.1, 0.15) is 26.0 Å². The molecule has 1 heterocycles. The summed E-state index contributed by atoms with van der Waals surface area (Å²) in [6, 6.07) is 5.50. The topological polar surface area (TPSA) is 62.3 Å². The molecule has 1 aromatic rings. The number of sulfonamides is 1. The van der Waals surface area contributed by atoms with E-state index in [9.17, 15) is 8.42 Å². The molecular formula is C13H23N3O2S. The number of aromatic nitrogens is 1. The van der Waals surface area contributed by atoms with Crippen LogP contribution < -0.4 is 5.32 Å². The first-order valence-electron chi connectivity index (χ1n) is 6.54. The van der Waals surface area contributed by atoms with Gasteiger partial charge in [0.2, 0.25) is 10.0 Å². The van der Waals surface area contributed by atoms with Gasteiger partial charge >= 0.3 is 0 Å². The van der Waals surface area contributed by atoms with Crippen LogP contribution in [0.2, 0.25) is 0 Å². The van der Waals surface area contributed by atoms with Gasteiger partial charge in [0, 0.05) is 19.8 Å². The average Bonchev–Trinajstić information content (AvgIpc) is 2.40. The SMILES string of the molecule is CCCNCC(C)S(=O)(=O)N(C)Cc1ccccn1. The molecule has 0 spiro atoms. The van der Waals surface area contributed by atoms with E-state index in [1.54, 1.807) is 20.2 Å². The minimum absolute atomic E-state index is 0.307. The highest BCUT2D eigenvalue weighted by Crippen LogP contribution is 2.10. The van der Waals surface area contributed by atoms with E-state index in [2.05, 4.69) is 17.2 Å². The molecule has 19 heavy (non-hydrogen) atoms. The van der Waals surface area contributed by atoms with Crippen molar-refractivity contribution in [1.29, 1.82) is 0 Å². The third-order valence-corrected chi connectivity index (χ3v) is 5.09. The van der Waals surface area contributed by atoms with E-state index in [1.165, 1.54) is 4.31 Å². The first kappa shape index (κ1) is 16.1. The Labute approximate surface area is 116 Å². The minimum Gasteiger partial charge on any atom is -0.315 e. The zero-order chi connectivity index (χ0) is 14.3. The van der Waals surface area contributed by atoms with Gasteiger partial charge in [-0.05, 0) is 32.0 Å². The standard InChI is InChI=1S/C13H23N3O2S/c1-4-8-14-10-12(2)19(17,18)16(3)11-13-7-5-6-9-15-13/h5-7,9,12,14H,4,8,10-11H2,1-3H3. The fourth-order valence-corrected chi connectivity index (χ4v) is 2.96. The van der Waals surface area contributed by atoms with Gasteiger partial charge in [-0.3, -0.25) is 4.98 Å². The lowest BCUT2D eigenvalue weighted by Gasteiger charge is -2.22. The van der Waals surface area contributed by atoms with Crippen molar-refractivity contribution in [1.82, 2.24) is 14.6 Å². The molecule has 108 valence electrons. The molecule has 0 aliphatic rings. The van der Waals surface area contributed by atoms with Gasteiger partial charge in [0.15, 0.2) is 0 Å². The number of rotatable bonds is 8. The quantitative estimate of drug-likeness (QED) is 0.730. The summed E-state index contributed by atoms with van der Waals surface area (Å²) in [6.45, 7) is 5.40. The zero-order valence-corrected chi connectivity index (χ0v) is 12.7. The molecule has 0 bridgehead atoms. The zero-order valence-electron chi connectivity index (χ0n) is 11.8. The molecule has 0 radical (unpaired) electrons. The molecule has 0 saturated heterocycles. The molecule has 0 aliphatic heterocycles. The van der Waals surface area contributed by atoms with Crippen LogP contribution in [-0.2, 0) is 16.6 Å². The van der Waals surface area contributed by atoms with E-state index in [0.717, 1.165) is 18.7 Å². The minimum atomic E-state index is -3.29. The number of hydrogen-bond acceptors (Lipinski definition) is 4. The molecule has 0 amide bonds. The first-order chi connectivity index (χ1) is 8.98. The summed E-state index contributed by atoms with van der Waals surface area (Å²) in [6.07, 6.45) is 2.67. The van der Waals surface area contributed by atoms with Crippen LogP contribution >= 0.6 is 0 Å². The number of hydrogen-bond donors (Lipinski definition) is 1. The third-order valence-electron chi connectivity index (χ3n) is 2.91. The monoisotopic (exact) mass is 285 g/mol. The summed E-state index contributed by atoms with van der Waals surface area (Å²) < 4.78 is 25.9. The normalized spacial score (nSPS) is 13.7. The Kier molecular flexibility index (Phi) is 6.41. The maximum atomic E-state index is 12.3. The van der Waals surface area contributed by atoms with E-state index >= 15 is 0 Å². The largest absolute Gasteiger partial charge is 0.315 e. The predicted molar refractivity (Wildman–Crippen MR) is 77.2 cm³/mol. The molecule has 1 unspecified atom stereocenters. The summed E-state index contributed by atoms with van der Waals surface area (Å²) >= 11 is 0. The molecule has 0 saturated carbocycles. The van der Waals surface area contributed by atoms with Crippen LogP contribution in [0.15, 0.2) is 24.4 Å². The Balaban J connectivity index is 2.60. The lowest BCUT2D eigenvalue weighted by Crippen LogP contribution is -2.40. The van der Waals surface area contributed by atoms with Crippen LogP contribution in [0.5, 0.6) is 0 Å². The first-order valence-corrected chi connectivity index (χ1v) is 8.04. The van der Waals surface area contributed by atoms with Crippen LogP contribution in [0.25, 0.3) is 0 Å². The van der Waals surface area contributed by atoms with Crippen molar-refractivity contribution in [3.63, 3.8) is 0 Å². The highest BCUT2D eigenvalue weighted by molar-refractivity contribution is 7.89. The molecule has 0 fully saturated rings. The van der Waals surface area contributed by atoms with E-state index in [0.29, 0.717) is 13.1 Å². The van der Waals surface area contributed by atoms with Crippen molar-refractivity contribution in [3.05, 3.63) is 30.1 Å². The highest BCUT2D eigenvalue weighted by atomic mass is 32.2. The van der Waals surface area contributed by atoms with Gasteiger partial charge in [-0.2, -0.15) is 4.31 Å². The fourth-order valence-electron chi connectivity index (χ4n) is 1.70. The maximum absolute atomic E-state index is 12.3. The van der Waals surface area contributed by atoms with E-state index in [1.807, 2.05) is 18.2 Å². The van der Waals surface area contributed by atoms with Gasteiger partial charge in [-0.25, -0.2) is 8.42 Å². The molecule has 6 heteroatoms. The second-order valence-electron chi connectivity index (χ2n) is 4.64. The lowest BCUT2D eigenvalue weighted by atomic mass is 10.3. The van der Waals surface area contributed by atoms with Crippen molar-refractivity contribution in [2.45, 2.75) is 32.1 Å². The van der Waals surface area contributed by atoms with E-state index < -0.39 is 15.3 Å². The van der Waals surface area contributed by atoms with E-state index in [-0.39, 0.29) is 0 Å². The van der Waals surface area contributed by atoms with Crippen molar-refractivity contribution in [2.75, 3.05) is 20.1 Å². The summed E-state index contributed by atoms with van der Waals surface area (Å²) in [7, 11) is -1.69. The van der Waals surface area contributed by atoms with Gasteiger partial charge in [0.1, 0.15) is 0 Å². The maximum Gasteiger partial charge on any atom is 0.218 e. The van der Waals surface area contributed by atoms with Gasteiger partial charge in [-0.15, -0.1) is 0 Å². The van der Waals surface area contributed by atoms with Crippen LogP contribution in [0.4, 0.5) is 0 Å². The summed E-state index contributed by atoms with van der Waals surface area (Å²) in [4.78, 5) is 4.15. The van der Waals surface area contributed by atoms with Gasteiger partial charge in [-0.1, -0.05) is 13.0 Å².